The minimum absolute atomic E-state index is 0.0416. The number of aliphatic hydroxyl groups excluding tert-OH is 1. The molecule has 3 nitrogen and oxygen atoms in total. The Kier molecular flexibility index (Phi) is 2.94. The van der Waals surface area contributed by atoms with E-state index in [-0.39, 0.29) is 17.6 Å². The molecule has 0 amide bonds. The Bertz CT molecular complexity index is 406. The van der Waals surface area contributed by atoms with Gasteiger partial charge in [0, 0.05) is 11.8 Å². The third kappa shape index (κ3) is 1.77. The molecule has 0 radical (unpaired) electrons. The SMILES string of the molecule is COc1ccc(OC2CC(O)C23CCCC3)cc1. The van der Waals surface area contributed by atoms with E-state index >= 15 is 0 Å². The van der Waals surface area contributed by atoms with Gasteiger partial charge < -0.3 is 14.6 Å². The second-order valence-corrected chi connectivity index (χ2v) is 5.47. The maximum absolute atomic E-state index is 10.0. The second-order valence-electron chi connectivity index (χ2n) is 5.47. The van der Waals surface area contributed by atoms with Crippen molar-refractivity contribution in [2.75, 3.05) is 7.11 Å². The van der Waals surface area contributed by atoms with Gasteiger partial charge in [0.2, 0.25) is 0 Å². The van der Waals surface area contributed by atoms with Crippen molar-refractivity contribution in [3.8, 4) is 11.5 Å². The number of aliphatic hydroxyl groups is 1. The zero-order chi connectivity index (χ0) is 12.6. The quantitative estimate of drug-likeness (QED) is 0.894. The van der Waals surface area contributed by atoms with Crippen molar-refractivity contribution in [3.05, 3.63) is 24.3 Å². The van der Waals surface area contributed by atoms with Gasteiger partial charge >= 0.3 is 0 Å². The number of hydrogen-bond acceptors (Lipinski definition) is 3. The molecular weight excluding hydrogens is 228 g/mol. The molecule has 18 heavy (non-hydrogen) atoms. The van der Waals surface area contributed by atoms with Crippen molar-refractivity contribution in [3.63, 3.8) is 0 Å². The smallest absolute Gasteiger partial charge is 0.120 e. The van der Waals surface area contributed by atoms with Crippen molar-refractivity contribution in [2.24, 2.45) is 5.41 Å². The standard InChI is InChI=1S/C15H20O3/c1-17-11-4-6-12(7-5-11)18-14-10-13(16)15(14)8-2-3-9-15/h4-7,13-14,16H,2-3,8-10H2,1H3. The Balaban J connectivity index is 1.69. The zero-order valence-corrected chi connectivity index (χ0v) is 10.8. The lowest BCUT2D eigenvalue weighted by molar-refractivity contribution is -0.151. The molecule has 2 atom stereocenters. The van der Waals surface area contributed by atoms with Crippen LogP contribution in [-0.2, 0) is 0 Å². The molecule has 0 heterocycles. The predicted octanol–water partition coefficient (Wildman–Crippen LogP) is 2.77. The highest BCUT2D eigenvalue weighted by molar-refractivity contribution is 5.31. The fraction of sp³-hybridized carbons (Fsp3) is 0.600. The molecular formula is C15H20O3. The summed E-state index contributed by atoms with van der Waals surface area (Å²) in [7, 11) is 1.66. The maximum Gasteiger partial charge on any atom is 0.120 e. The Morgan fingerprint density at radius 1 is 1.11 bits per heavy atom. The maximum atomic E-state index is 10.0. The van der Waals surface area contributed by atoms with Crippen LogP contribution in [0.15, 0.2) is 24.3 Å². The molecule has 1 N–H and O–H groups in total. The van der Waals surface area contributed by atoms with Gasteiger partial charge in [-0.05, 0) is 37.1 Å². The third-order valence-electron chi connectivity index (χ3n) is 4.61. The molecule has 98 valence electrons. The molecule has 3 heteroatoms. The summed E-state index contributed by atoms with van der Waals surface area (Å²) in [6, 6.07) is 7.69. The highest BCUT2D eigenvalue weighted by Crippen LogP contribution is 2.54. The van der Waals surface area contributed by atoms with Gasteiger partial charge in [-0.3, -0.25) is 0 Å². The van der Waals surface area contributed by atoms with E-state index in [0.29, 0.717) is 0 Å². The molecule has 3 rings (SSSR count). The van der Waals surface area contributed by atoms with Crippen LogP contribution < -0.4 is 9.47 Å². The lowest BCUT2D eigenvalue weighted by atomic mass is 9.62. The Morgan fingerprint density at radius 2 is 1.72 bits per heavy atom. The summed E-state index contributed by atoms with van der Waals surface area (Å²) in [6.07, 6.45) is 5.45. The van der Waals surface area contributed by atoms with Crippen LogP contribution in [0.5, 0.6) is 11.5 Å². The number of methoxy groups -OCH3 is 1. The fourth-order valence-corrected chi connectivity index (χ4v) is 3.40. The van der Waals surface area contributed by atoms with Crippen LogP contribution in [0.25, 0.3) is 0 Å². The third-order valence-corrected chi connectivity index (χ3v) is 4.61. The van der Waals surface area contributed by atoms with Gasteiger partial charge in [-0.15, -0.1) is 0 Å². The molecule has 0 bridgehead atoms. The van der Waals surface area contributed by atoms with E-state index < -0.39 is 0 Å². The van der Waals surface area contributed by atoms with Crippen LogP contribution >= 0.6 is 0 Å². The molecule has 2 unspecified atom stereocenters. The molecule has 1 spiro atoms. The van der Waals surface area contributed by atoms with Crippen LogP contribution in [0.1, 0.15) is 32.1 Å². The minimum Gasteiger partial charge on any atom is -0.497 e. The Hall–Kier alpha value is -1.22. The van der Waals surface area contributed by atoms with Gasteiger partial charge in [-0.2, -0.15) is 0 Å². The van der Waals surface area contributed by atoms with E-state index in [0.717, 1.165) is 30.8 Å². The molecule has 2 fully saturated rings. The summed E-state index contributed by atoms with van der Waals surface area (Å²) in [5.41, 5.74) is 0.0416. The highest BCUT2D eigenvalue weighted by atomic mass is 16.5. The highest BCUT2D eigenvalue weighted by Gasteiger charge is 2.57. The molecule has 0 saturated heterocycles. The van der Waals surface area contributed by atoms with E-state index in [2.05, 4.69) is 0 Å². The van der Waals surface area contributed by atoms with Crippen LogP contribution in [0.2, 0.25) is 0 Å². The Morgan fingerprint density at radius 3 is 2.28 bits per heavy atom. The molecule has 2 aliphatic carbocycles. The summed E-state index contributed by atoms with van der Waals surface area (Å²) in [5.74, 6) is 1.71. The number of ether oxygens (including phenoxy) is 2. The average molecular weight is 248 g/mol. The van der Waals surface area contributed by atoms with Crippen molar-refractivity contribution >= 4 is 0 Å². The van der Waals surface area contributed by atoms with Crippen molar-refractivity contribution in [1.82, 2.24) is 0 Å². The van der Waals surface area contributed by atoms with Gasteiger partial charge in [0.15, 0.2) is 0 Å². The second kappa shape index (κ2) is 4.47. The lowest BCUT2D eigenvalue weighted by Gasteiger charge is -2.51. The lowest BCUT2D eigenvalue weighted by Crippen LogP contribution is -2.58. The normalized spacial score (nSPS) is 29.0. The molecule has 2 saturated carbocycles. The molecule has 1 aromatic carbocycles. The molecule has 2 aliphatic rings. The molecule has 1 aromatic rings. The number of hydrogen-bond donors (Lipinski definition) is 1. The van der Waals surface area contributed by atoms with Crippen molar-refractivity contribution < 1.29 is 14.6 Å². The summed E-state index contributed by atoms with van der Waals surface area (Å²) >= 11 is 0. The van der Waals surface area contributed by atoms with E-state index in [1.54, 1.807) is 7.11 Å². The fourth-order valence-electron chi connectivity index (χ4n) is 3.40. The topological polar surface area (TPSA) is 38.7 Å². The minimum atomic E-state index is -0.164. The summed E-state index contributed by atoms with van der Waals surface area (Å²) in [5, 5.41) is 10.0. The van der Waals surface area contributed by atoms with Gasteiger partial charge in [0.05, 0.1) is 13.2 Å². The van der Waals surface area contributed by atoms with Gasteiger partial charge in [-0.25, -0.2) is 0 Å². The number of benzene rings is 1. The van der Waals surface area contributed by atoms with Gasteiger partial charge in [-0.1, -0.05) is 12.8 Å². The largest absolute Gasteiger partial charge is 0.497 e. The first-order chi connectivity index (χ1) is 8.74. The zero-order valence-electron chi connectivity index (χ0n) is 10.8. The van der Waals surface area contributed by atoms with Crippen molar-refractivity contribution in [2.45, 2.75) is 44.3 Å². The molecule has 0 aliphatic heterocycles. The van der Waals surface area contributed by atoms with Crippen LogP contribution in [0.3, 0.4) is 0 Å². The van der Waals surface area contributed by atoms with Crippen LogP contribution in [-0.4, -0.2) is 24.4 Å². The van der Waals surface area contributed by atoms with E-state index in [1.807, 2.05) is 24.3 Å². The predicted molar refractivity (Wildman–Crippen MR) is 68.9 cm³/mol. The summed E-state index contributed by atoms with van der Waals surface area (Å²) in [6.45, 7) is 0. The van der Waals surface area contributed by atoms with Gasteiger partial charge in [0.1, 0.15) is 17.6 Å². The van der Waals surface area contributed by atoms with Crippen LogP contribution in [0.4, 0.5) is 0 Å². The van der Waals surface area contributed by atoms with Crippen LogP contribution in [0, 0.1) is 5.41 Å². The average Bonchev–Trinajstić information content (AvgIpc) is 2.92. The van der Waals surface area contributed by atoms with E-state index in [9.17, 15) is 5.11 Å². The summed E-state index contributed by atoms with van der Waals surface area (Å²) in [4.78, 5) is 0. The van der Waals surface area contributed by atoms with E-state index in [4.69, 9.17) is 9.47 Å². The number of rotatable bonds is 3. The Labute approximate surface area is 108 Å². The van der Waals surface area contributed by atoms with Crippen molar-refractivity contribution in [1.29, 1.82) is 0 Å². The summed E-state index contributed by atoms with van der Waals surface area (Å²) < 4.78 is 11.2. The van der Waals surface area contributed by atoms with Gasteiger partial charge in [0.25, 0.3) is 0 Å². The van der Waals surface area contributed by atoms with E-state index in [1.165, 1.54) is 12.8 Å². The molecule has 0 aromatic heterocycles. The first-order valence-electron chi connectivity index (χ1n) is 6.73. The first kappa shape index (κ1) is 11.8. The monoisotopic (exact) mass is 248 g/mol. The first-order valence-corrected chi connectivity index (χ1v) is 6.73.